The summed E-state index contributed by atoms with van der Waals surface area (Å²) in [4.78, 5) is 17.0. The number of nitrogens with zero attached hydrogens (tertiary/aromatic N) is 3. The molecule has 6 nitrogen and oxygen atoms in total. The van der Waals surface area contributed by atoms with Crippen LogP contribution in [0.25, 0.3) is 11.3 Å². The van der Waals surface area contributed by atoms with Crippen molar-refractivity contribution >= 4 is 12.2 Å². The zero-order valence-corrected chi connectivity index (χ0v) is 19.8. The van der Waals surface area contributed by atoms with Crippen molar-refractivity contribution in [1.29, 1.82) is 0 Å². The topological polar surface area (TPSA) is 67.3 Å². The molecule has 33 heavy (non-hydrogen) atoms. The molecule has 0 bridgehead atoms. The molecule has 1 N–H and O–H groups in total. The van der Waals surface area contributed by atoms with Crippen LogP contribution in [0.1, 0.15) is 45.7 Å². The fraction of sp³-hybridized carbons (Fsp3) is 0.346. The van der Waals surface area contributed by atoms with Gasteiger partial charge in [-0.25, -0.2) is 9.45 Å². The normalized spacial score (nSPS) is 11.8. The third-order valence-corrected chi connectivity index (χ3v) is 5.07. The van der Waals surface area contributed by atoms with Gasteiger partial charge in [0.05, 0.1) is 17.8 Å². The van der Waals surface area contributed by atoms with Crippen molar-refractivity contribution in [3.8, 4) is 11.3 Å². The number of aromatic nitrogens is 2. The van der Waals surface area contributed by atoms with Crippen molar-refractivity contribution in [2.75, 3.05) is 11.9 Å². The summed E-state index contributed by atoms with van der Waals surface area (Å²) in [7, 11) is 0. The van der Waals surface area contributed by atoms with Crippen molar-refractivity contribution in [1.82, 2.24) is 15.3 Å². The summed E-state index contributed by atoms with van der Waals surface area (Å²) in [5.41, 5.74) is 2.93. The van der Waals surface area contributed by atoms with E-state index in [1.165, 1.54) is 17.2 Å². The van der Waals surface area contributed by atoms with Gasteiger partial charge in [0.1, 0.15) is 11.6 Å². The highest BCUT2D eigenvalue weighted by atomic mass is 19.1. The Kier molecular flexibility index (Phi) is 7.43. The van der Waals surface area contributed by atoms with Crippen LogP contribution in [0.3, 0.4) is 0 Å². The number of rotatable bonds is 9. The summed E-state index contributed by atoms with van der Waals surface area (Å²) in [5, 5.41) is 13.3. The van der Waals surface area contributed by atoms with Gasteiger partial charge in [0.2, 0.25) is 6.41 Å². The van der Waals surface area contributed by atoms with Gasteiger partial charge < -0.3 is 5.32 Å². The summed E-state index contributed by atoms with van der Waals surface area (Å²) in [6, 6.07) is 18.1. The van der Waals surface area contributed by atoms with Crippen molar-refractivity contribution in [2.24, 2.45) is 0 Å². The van der Waals surface area contributed by atoms with E-state index < -0.39 is 5.60 Å². The third-order valence-electron chi connectivity index (χ3n) is 5.07. The van der Waals surface area contributed by atoms with E-state index in [0.29, 0.717) is 25.3 Å². The Morgan fingerprint density at radius 1 is 1.00 bits per heavy atom. The predicted molar refractivity (Wildman–Crippen MR) is 128 cm³/mol. The Bertz CT molecular complexity index is 1060. The van der Waals surface area contributed by atoms with Gasteiger partial charge >= 0.3 is 0 Å². The van der Waals surface area contributed by atoms with Gasteiger partial charge in [0, 0.05) is 17.5 Å². The second-order valence-corrected chi connectivity index (χ2v) is 9.63. The van der Waals surface area contributed by atoms with Crippen molar-refractivity contribution in [3.63, 3.8) is 0 Å². The molecule has 3 aromatic rings. The van der Waals surface area contributed by atoms with E-state index in [-0.39, 0.29) is 11.2 Å². The lowest BCUT2D eigenvalue weighted by Crippen LogP contribution is -2.32. The summed E-state index contributed by atoms with van der Waals surface area (Å²) in [6.07, 6.45) is 0.686. The number of halogens is 1. The molecule has 0 spiro atoms. The van der Waals surface area contributed by atoms with Crippen LogP contribution in [0.15, 0.2) is 60.7 Å². The molecular weight excluding hydrogens is 419 g/mol. The summed E-state index contributed by atoms with van der Waals surface area (Å²) in [5.74, 6) is 0.421. The summed E-state index contributed by atoms with van der Waals surface area (Å²) < 4.78 is 13.2. The molecule has 0 unspecified atom stereocenters. The van der Waals surface area contributed by atoms with E-state index >= 15 is 0 Å². The molecule has 0 fully saturated rings. The van der Waals surface area contributed by atoms with Gasteiger partial charge in [-0.3, -0.25) is 9.63 Å². The van der Waals surface area contributed by atoms with Crippen LogP contribution in [0.2, 0.25) is 0 Å². The number of carbonyl (C=O) groups is 1. The zero-order chi connectivity index (χ0) is 24.1. The van der Waals surface area contributed by atoms with Crippen molar-refractivity contribution < 1.29 is 14.0 Å². The second kappa shape index (κ2) is 10.1. The zero-order valence-electron chi connectivity index (χ0n) is 19.8. The number of amides is 1. The number of carbonyl (C=O) groups excluding carboxylic acids is 1. The van der Waals surface area contributed by atoms with E-state index in [1.54, 1.807) is 12.1 Å². The molecule has 3 rings (SSSR count). The largest absolute Gasteiger partial charge is 0.368 e. The standard InChI is InChI=1S/C26H31FN4O2/c1-25(2,3)33-31(18-32)16-19-7-6-8-20(15-19)23-13-14-24(30-29-23)28-17-26(4,5)21-9-11-22(27)12-10-21/h6-15,18H,16-17H2,1-5H3,(H,28,30). The van der Waals surface area contributed by atoms with E-state index in [1.807, 2.05) is 57.2 Å². The Labute approximate surface area is 194 Å². The number of hydrogen-bond donors (Lipinski definition) is 1. The molecule has 174 valence electrons. The summed E-state index contributed by atoms with van der Waals surface area (Å²) in [6.45, 7) is 10.8. The lowest BCUT2D eigenvalue weighted by Gasteiger charge is -2.26. The minimum atomic E-state index is -0.460. The molecule has 0 radical (unpaired) electrons. The highest BCUT2D eigenvalue weighted by Gasteiger charge is 2.21. The van der Waals surface area contributed by atoms with Crippen LogP contribution in [0.5, 0.6) is 0 Å². The van der Waals surface area contributed by atoms with Crippen molar-refractivity contribution in [2.45, 2.75) is 52.2 Å². The maximum Gasteiger partial charge on any atom is 0.233 e. The first-order valence-corrected chi connectivity index (χ1v) is 10.9. The van der Waals surface area contributed by atoms with Gasteiger partial charge in [-0.05, 0) is 62.2 Å². The first-order chi connectivity index (χ1) is 15.6. The van der Waals surface area contributed by atoms with Crippen LogP contribution in [-0.4, -0.2) is 33.8 Å². The molecule has 0 saturated carbocycles. The van der Waals surface area contributed by atoms with Gasteiger partial charge in [0.15, 0.2) is 0 Å². The van der Waals surface area contributed by atoms with Crippen molar-refractivity contribution in [3.05, 3.63) is 77.6 Å². The first kappa shape index (κ1) is 24.3. The van der Waals surface area contributed by atoms with E-state index in [2.05, 4.69) is 29.4 Å². The van der Waals surface area contributed by atoms with Crippen LogP contribution in [-0.2, 0) is 21.6 Å². The highest BCUT2D eigenvalue weighted by Crippen LogP contribution is 2.25. The minimum absolute atomic E-state index is 0.206. The number of hydroxylamine groups is 2. The number of anilines is 1. The van der Waals surface area contributed by atoms with Gasteiger partial charge in [0.25, 0.3) is 0 Å². The van der Waals surface area contributed by atoms with Gasteiger partial charge in [-0.2, -0.15) is 0 Å². The molecular formula is C26H31FN4O2. The van der Waals surface area contributed by atoms with E-state index in [0.717, 1.165) is 22.4 Å². The molecule has 0 aliphatic carbocycles. The van der Waals surface area contributed by atoms with Gasteiger partial charge in [-0.1, -0.05) is 44.2 Å². The van der Waals surface area contributed by atoms with E-state index in [4.69, 9.17) is 4.84 Å². The molecule has 7 heteroatoms. The fourth-order valence-electron chi connectivity index (χ4n) is 3.35. The lowest BCUT2D eigenvalue weighted by molar-refractivity contribution is -0.220. The smallest absolute Gasteiger partial charge is 0.233 e. The Balaban J connectivity index is 1.65. The fourth-order valence-corrected chi connectivity index (χ4v) is 3.35. The molecule has 1 amide bonds. The number of benzene rings is 2. The Morgan fingerprint density at radius 2 is 1.73 bits per heavy atom. The summed E-state index contributed by atoms with van der Waals surface area (Å²) >= 11 is 0. The third kappa shape index (κ3) is 7.08. The quantitative estimate of drug-likeness (QED) is 0.351. The number of nitrogens with one attached hydrogen (secondary N) is 1. The van der Waals surface area contributed by atoms with E-state index in [9.17, 15) is 9.18 Å². The molecule has 0 aliphatic heterocycles. The van der Waals surface area contributed by atoms with Crippen LogP contribution >= 0.6 is 0 Å². The molecule has 0 aliphatic rings. The molecule has 2 aromatic carbocycles. The average molecular weight is 451 g/mol. The maximum absolute atomic E-state index is 13.2. The van der Waals surface area contributed by atoms with Crippen LogP contribution in [0, 0.1) is 5.82 Å². The van der Waals surface area contributed by atoms with Crippen LogP contribution in [0.4, 0.5) is 10.2 Å². The average Bonchev–Trinajstić information content (AvgIpc) is 2.77. The Hall–Kier alpha value is -3.32. The SMILES string of the molecule is CC(C)(C)ON(C=O)Cc1cccc(-c2ccc(NCC(C)(C)c3ccc(F)cc3)nn2)c1. The molecule has 1 heterocycles. The maximum atomic E-state index is 13.2. The monoisotopic (exact) mass is 450 g/mol. The molecule has 0 atom stereocenters. The molecule has 1 aromatic heterocycles. The Morgan fingerprint density at radius 3 is 2.33 bits per heavy atom. The second-order valence-electron chi connectivity index (χ2n) is 9.63. The first-order valence-electron chi connectivity index (χ1n) is 10.9. The van der Waals surface area contributed by atoms with Crippen LogP contribution < -0.4 is 5.32 Å². The molecule has 0 saturated heterocycles. The minimum Gasteiger partial charge on any atom is -0.368 e. The van der Waals surface area contributed by atoms with Gasteiger partial charge in [-0.15, -0.1) is 10.2 Å². The predicted octanol–water partition coefficient (Wildman–Crippen LogP) is 5.36. The lowest BCUT2D eigenvalue weighted by atomic mass is 9.84. The number of hydrogen-bond acceptors (Lipinski definition) is 5. The highest BCUT2D eigenvalue weighted by molar-refractivity contribution is 5.60.